The second-order valence-electron chi connectivity index (χ2n) is 17.2. The zero-order chi connectivity index (χ0) is 45.2. The summed E-state index contributed by atoms with van der Waals surface area (Å²) in [6.07, 6.45) is 11.1. The highest BCUT2D eigenvalue weighted by molar-refractivity contribution is 6.14. The molecule has 0 spiro atoms. The van der Waals surface area contributed by atoms with Gasteiger partial charge in [-0.05, 0) is 114 Å². The maximum Gasteiger partial charge on any atom is 0.0541 e. The van der Waals surface area contributed by atoms with E-state index in [-0.39, 0.29) is 0 Å². The van der Waals surface area contributed by atoms with E-state index in [4.69, 9.17) is 0 Å². The Kier molecular flexibility index (Phi) is 10.6. The Morgan fingerprint density at radius 2 is 0.721 bits per heavy atom. The maximum absolute atomic E-state index is 3.66. The van der Waals surface area contributed by atoms with Crippen LogP contribution in [-0.2, 0) is 0 Å². The molecule has 12 rings (SSSR count). The van der Waals surface area contributed by atoms with Crippen LogP contribution in [0.5, 0.6) is 0 Å². The number of nitrogens with one attached hydrogen (secondary N) is 1. The van der Waals surface area contributed by atoms with E-state index in [1.807, 2.05) is 0 Å². The van der Waals surface area contributed by atoms with Gasteiger partial charge in [0.1, 0.15) is 0 Å². The summed E-state index contributed by atoms with van der Waals surface area (Å²) in [5.41, 5.74) is 21.8. The minimum Gasteiger partial charge on any atom is -0.361 e. The minimum absolute atomic E-state index is 1.06. The van der Waals surface area contributed by atoms with E-state index in [0.717, 1.165) is 67.0 Å². The van der Waals surface area contributed by atoms with E-state index in [1.165, 1.54) is 49.6 Å². The molecule has 0 fully saturated rings. The number of para-hydroxylation sites is 3. The van der Waals surface area contributed by atoms with E-state index >= 15 is 0 Å². The fourth-order valence-corrected chi connectivity index (χ4v) is 10.3. The van der Waals surface area contributed by atoms with Gasteiger partial charge in [0, 0.05) is 33.9 Å². The molecule has 11 aromatic rings. The van der Waals surface area contributed by atoms with Crippen molar-refractivity contribution in [3.8, 4) is 72.4 Å². The van der Waals surface area contributed by atoms with Gasteiger partial charge in [-0.1, -0.05) is 231 Å². The number of nitrogens with zero attached hydrogens (tertiary/aromatic N) is 1. The predicted molar refractivity (Wildman–Crippen MR) is 290 cm³/mol. The molecule has 68 heavy (non-hydrogen) atoms. The van der Waals surface area contributed by atoms with Gasteiger partial charge in [-0.2, -0.15) is 0 Å². The summed E-state index contributed by atoms with van der Waals surface area (Å²) in [5.74, 6) is 0. The van der Waals surface area contributed by atoms with Gasteiger partial charge in [-0.3, -0.25) is 0 Å². The third kappa shape index (κ3) is 7.26. The van der Waals surface area contributed by atoms with E-state index in [1.54, 1.807) is 0 Å². The average Bonchev–Trinajstić information content (AvgIpc) is 3.74. The zero-order valence-electron chi connectivity index (χ0n) is 37.4. The lowest BCUT2D eigenvalue weighted by Gasteiger charge is -2.29. The van der Waals surface area contributed by atoms with E-state index < -0.39 is 0 Å². The summed E-state index contributed by atoms with van der Waals surface area (Å²) in [6.45, 7) is 0. The van der Waals surface area contributed by atoms with E-state index in [2.05, 4.69) is 283 Å². The minimum atomic E-state index is 1.06. The van der Waals surface area contributed by atoms with Gasteiger partial charge >= 0.3 is 0 Å². The summed E-state index contributed by atoms with van der Waals surface area (Å²) in [6, 6.07) is 88.0. The molecule has 1 aliphatic rings. The summed E-state index contributed by atoms with van der Waals surface area (Å²) in [7, 11) is 0. The molecule has 2 nitrogen and oxygen atoms in total. The van der Waals surface area contributed by atoms with Gasteiger partial charge < -0.3 is 9.88 Å². The van der Waals surface area contributed by atoms with E-state index in [0.29, 0.717) is 0 Å². The Morgan fingerprint density at radius 3 is 1.25 bits per heavy atom. The van der Waals surface area contributed by atoms with Crippen LogP contribution < -0.4 is 5.32 Å². The first-order chi connectivity index (χ1) is 33.8. The molecule has 10 aromatic carbocycles. The molecule has 0 unspecified atom stereocenters. The number of benzene rings is 10. The third-order valence-electron chi connectivity index (χ3n) is 13.3. The third-order valence-corrected chi connectivity index (χ3v) is 13.3. The second-order valence-corrected chi connectivity index (χ2v) is 17.2. The molecule has 1 aromatic heterocycles. The number of hydrogen-bond acceptors (Lipinski definition) is 1. The van der Waals surface area contributed by atoms with Gasteiger partial charge in [0.25, 0.3) is 0 Å². The summed E-state index contributed by atoms with van der Waals surface area (Å²) in [4.78, 5) is 0. The Hall–Kier alpha value is -8.98. The van der Waals surface area contributed by atoms with Crippen LogP contribution in [0, 0.1) is 0 Å². The van der Waals surface area contributed by atoms with Crippen molar-refractivity contribution in [1.29, 1.82) is 0 Å². The Labute approximate surface area is 397 Å². The van der Waals surface area contributed by atoms with Crippen LogP contribution in [0.25, 0.3) is 106 Å². The van der Waals surface area contributed by atoms with Crippen molar-refractivity contribution in [2.45, 2.75) is 0 Å². The second kappa shape index (κ2) is 17.8. The van der Waals surface area contributed by atoms with Crippen molar-refractivity contribution in [3.05, 3.63) is 278 Å². The molecule has 0 saturated carbocycles. The van der Waals surface area contributed by atoms with Crippen LogP contribution in [0.3, 0.4) is 0 Å². The van der Waals surface area contributed by atoms with Crippen molar-refractivity contribution < 1.29 is 0 Å². The number of allylic oxidation sites excluding steroid dienone is 4. The first-order valence-electron chi connectivity index (χ1n) is 23.3. The molecule has 1 N–H and O–H groups in total. The van der Waals surface area contributed by atoms with Crippen molar-refractivity contribution in [2.75, 3.05) is 5.32 Å². The largest absolute Gasteiger partial charge is 0.361 e. The molecule has 0 saturated heterocycles. The molecule has 2 heteroatoms. The topological polar surface area (TPSA) is 17.0 Å². The predicted octanol–water partition coefficient (Wildman–Crippen LogP) is 17.8. The van der Waals surface area contributed by atoms with Crippen molar-refractivity contribution in [1.82, 2.24) is 4.57 Å². The van der Waals surface area contributed by atoms with Crippen LogP contribution >= 0.6 is 0 Å². The van der Waals surface area contributed by atoms with Crippen molar-refractivity contribution >= 4 is 39.1 Å². The highest BCUT2D eigenvalue weighted by Crippen LogP contribution is 2.55. The SMILES string of the molecule is C1=C/c2ccccc2-c2ccccc2N/C=C/C=C\1c1c(-c2ccccc2)c(-c2ccccc2)c(-c2ccccc2)c(-c2ccccc2)c1-c1ccc(-n2c3ccccc3c3ccccc32)cc1. The number of hydrogen-bond donors (Lipinski definition) is 1. The highest BCUT2D eigenvalue weighted by atomic mass is 15.0. The monoisotopic (exact) mass is 866 g/mol. The molecule has 2 heterocycles. The van der Waals surface area contributed by atoms with Crippen LogP contribution in [0.1, 0.15) is 11.1 Å². The van der Waals surface area contributed by atoms with Crippen LogP contribution in [-0.4, -0.2) is 4.57 Å². The maximum atomic E-state index is 3.66. The fourth-order valence-electron chi connectivity index (χ4n) is 10.3. The van der Waals surface area contributed by atoms with Crippen LogP contribution in [0.4, 0.5) is 5.69 Å². The zero-order valence-corrected chi connectivity index (χ0v) is 37.4. The summed E-state index contributed by atoms with van der Waals surface area (Å²) < 4.78 is 2.40. The van der Waals surface area contributed by atoms with Gasteiger partial charge in [0.05, 0.1) is 11.0 Å². The first kappa shape index (κ1) is 40.5. The normalized spacial score (nSPS) is 13.9. The Bertz CT molecular complexity index is 3660. The van der Waals surface area contributed by atoms with E-state index in [9.17, 15) is 0 Å². The Morgan fingerprint density at radius 1 is 0.309 bits per heavy atom. The molecular formula is C66H46N2. The van der Waals surface area contributed by atoms with Gasteiger partial charge in [0.2, 0.25) is 0 Å². The molecule has 0 bridgehead atoms. The number of aromatic nitrogens is 1. The lowest BCUT2D eigenvalue weighted by Crippen LogP contribution is -2.04. The molecule has 0 atom stereocenters. The molecule has 0 amide bonds. The van der Waals surface area contributed by atoms with Crippen LogP contribution in [0.2, 0.25) is 0 Å². The lowest BCUT2D eigenvalue weighted by atomic mass is 9.74. The molecule has 0 aliphatic carbocycles. The standard InChI is InChI=1S/C66H46N2/c1-5-23-47(24-6-1)61-62(48-25-7-2-8-26-48)64(50-29-11-4-12-30-50)66(52-41-43-53(44-42-52)68-59-37-19-16-34-56(59)57-35-17-20-38-60(57)68)65(63(61)49-27-9-3-10-28-49)51-31-21-45-67-58-36-18-15-33-55(58)54-32-14-13-22-46(54)39-40-51/h1-45,67H/b40-39-,45-21+,51-31+. The quantitative estimate of drug-likeness (QED) is 0.169. The number of fused-ring (bicyclic) bond motifs is 6. The average molecular weight is 867 g/mol. The first-order valence-corrected chi connectivity index (χ1v) is 23.3. The molecular weight excluding hydrogens is 821 g/mol. The van der Waals surface area contributed by atoms with Gasteiger partial charge in [-0.15, -0.1) is 0 Å². The molecule has 0 radical (unpaired) electrons. The number of rotatable bonds is 7. The molecule has 1 aliphatic heterocycles. The summed E-state index contributed by atoms with van der Waals surface area (Å²) >= 11 is 0. The van der Waals surface area contributed by atoms with Crippen molar-refractivity contribution in [2.24, 2.45) is 0 Å². The summed E-state index contributed by atoms with van der Waals surface area (Å²) in [5, 5.41) is 6.15. The van der Waals surface area contributed by atoms with Gasteiger partial charge in [0.15, 0.2) is 0 Å². The van der Waals surface area contributed by atoms with Gasteiger partial charge in [-0.25, -0.2) is 0 Å². The smallest absolute Gasteiger partial charge is 0.0541 e. The number of anilines is 1. The van der Waals surface area contributed by atoms with Crippen molar-refractivity contribution in [3.63, 3.8) is 0 Å². The fraction of sp³-hybridized carbons (Fsp3) is 0. The lowest BCUT2D eigenvalue weighted by molar-refractivity contribution is 1.18. The Balaban J connectivity index is 1.24. The highest BCUT2D eigenvalue weighted by Gasteiger charge is 2.29. The van der Waals surface area contributed by atoms with Crippen LogP contribution in [0.15, 0.2) is 267 Å². The molecule has 320 valence electrons.